The second kappa shape index (κ2) is 10.8. The molecule has 0 aliphatic carbocycles. The van der Waals surface area contributed by atoms with Crippen LogP contribution in [-0.2, 0) is 19.1 Å². The molecular weight excluding hydrogens is 388 g/mol. The summed E-state index contributed by atoms with van der Waals surface area (Å²) in [6.45, 7) is 0. The zero-order chi connectivity index (χ0) is 21.9. The number of nitrogens with zero attached hydrogens (tertiary/aromatic N) is 2. The van der Waals surface area contributed by atoms with E-state index < -0.39 is 11.9 Å². The summed E-state index contributed by atoms with van der Waals surface area (Å²) in [5.41, 5.74) is 0.904. The summed E-state index contributed by atoms with van der Waals surface area (Å²) < 4.78 is 9.01. The van der Waals surface area contributed by atoms with Crippen molar-refractivity contribution in [1.82, 2.24) is 0 Å². The van der Waals surface area contributed by atoms with E-state index in [1.807, 2.05) is 36.4 Å². The third kappa shape index (κ3) is 5.56. The first-order valence-corrected chi connectivity index (χ1v) is 8.49. The minimum absolute atomic E-state index is 0.00903. The molecule has 0 bridgehead atoms. The third-order valence-electron chi connectivity index (χ3n) is 3.90. The lowest BCUT2D eigenvalue weighted by Gasteiger charge is -2.04. The molecular formula is C22H16N2O6. The van der Waals surface area contributed by atoms with Crippen LogP contribution >= 0.6 is 0 Å². The predicted molar refractivity (Wildman–Crippen MR) is 109 cm³/mol. The van der Waals surface area contributed by atoms with Crippen LogP contribution in [-0.4, -0.2) is 38.3 Å². The molecule has 3 aromatic carbocycles. The Labute approximate surface area is 171 Å². The molecule has 3 rings (SSSR count). The van der Waals surface area contributed by atoms with E-state index >= 15 is 0 Å². The van der Waals surface area contributed by atoms with Crippen molar-refractivity contribution >= 4 is 46.2 Å². The van der Waals surface area contributed by atoms with E-state index in [-0.39, 0.29) is 16.8 Å². The van der Waals surface area contributed by atoms with E-state index in [2.05, 4.69) is 19.5 Å². The Morgan fingerprint density at radius 3 is 2.07 bits per heavy atom. The van der Waals surface area contributed by atoms with Crippen LogP contribution in [0.25, 0.3) is 10.8 Å². The lowest BCUT2D eigenvalue weighted by Crippen LogP contribution is -2.05. The van der Waals surface area contributed by atoms with Gasteiger partial charge in [-0.1, -0.05) is 30.3 Å². The van der Waals surface area contributed by atoms with Gasteiger partial charge >= 0.3 is 11.9 Å². The molecule has 0 amide bonds. The maximum atomic E-state index is 11.3. The number of hydrogen-bond acceptors (Lipinski definition) is 8. The van der Waals surface area contributed by atoms with Crippen LogP contribution in [0.3, 0.4) is 0 Å². The van der Waals surface area contributed by atoms with E-state index in [0.29, 0.717) is 5.69 Å². The van der Waals surface area contributed by atoms with E-state index in [0.717, 1.165) is 10.8 Å². The minimum Gasteiger partial charge on any atom is -0.465 e. The van der Waals surface area contributed by atoms with Crippen molar-refractivity contribution in [2.24, 2.45) is 9.98 Å². The fraction of sp³-hybridized carbons (Fsp3) is 0.0909. The van der Waals surface area contributed by atoms with Gasteiger partial charge in [0.05, 0.1) is 36.7 Å². The van der Waals surface area contributed by atoms with Crippen LogP contribution < -0.4 is 0 Å². The van der Waals surface area contributed by atoms with E-state index in [1.54, 1.807) is 6.07 Å². The van der Waals surface area contributed by atoms with Crippen molar-refractivity contribution in [2.75, 3.05) is 14.2 Å². The molecule has 8 heteroatoms. The van der Waals surface area contributed by atoms with Crippen molar-refractivity contribution in [3.63, 3.8) is 0 Å². The van der Waals surface area contributed by atoms with Crippen molar-refractivity contribution in [3.8, 4) is 0 Å². The van der Waals surface area contributed by atoms with Crippen LogP contribution in [0.4, 0.5) is 11.4 Å². The lowest BCUT2D eigenvalue weighted by molar-refractivity contribution is 0.0587. The number of isocyanates is 2. The number of aliphatic imine (C=N–C) groups is 2. The van der Waals surface area contributed by atoms with Crippen LogP contribution in [0.15, 0.2) is 70.6 Å². The SMILES string of the molecule is COC(=O)c1ccc(C(=O)OC)c(N=C=O)c1.O=C=Nc1ccc2ccccc2c1. The molecule has 0 aromatic heterocycles. The van der Waals surface area contributed by atoms with Gasteiger partial charge in [0.1, 0.15) is 0 Å². The van der Waals surface area contributed by atoms with Gasteiger partial charge in [-0.2, -0.15) is 9.98 Å². The Kier molecular flexibility index (Phi) is 7.91. The first kappa shape index (κ1) is 21.9. The van der Waals surface area contributed by atoms with Crippen LogP contribution in [0, 0.1) is 0 Å². The highest BCUT2D eigenvalue weighted by molar-refractivity contribution is 5.98. The van der Waals surface area contributed by atoms with Gasteiger partial charge in [0, 0.05) is 0 Å². The van der Waals surface area contributed by atoms with Crippen molar-refractivity contribution in [2.45, 2.75) is 0 Å². The Morgan fingerprint density at radius 1 is 0.767 bits per heavy atom. The van der Waals surface area contributed by atoms with Gasteiger partial charge in [-0.05, 0) is 41.1 Å². The number of benzene rings is 3. The quantitative estimate of drug-likeness (QED) is 0.369. The molecule has 0 heterocycles. The van der Waals surface area contributed by atoms with Gasteiger partial charge in [0.25, 0.3) is 0 Å². The number of fused-ring (bicyclic) bond motifs is 1. The van der Waals surface area contributed by atoms with Crippen molar-refractivity contribution in [3.05, 3.63) is 71.8 Å². The smallest absolute Gasteiger partial charge is 0.340 e. The summed E-state index contributed by atoms with van der Waals surface area (Å²) in [5, 5.41) is 2.23. The molecule has 8 nitrogen and oxygen atoms in total. The molecule has 30 heavy (non-hydrogen) atoms. The topological polar surface area (TPSA) is 111 Å². The van der Waals surface area contributed by atoms with Gasteiger partial charge in [0.15, 0.2) is 0 Å². The second-order valence-electron chi connectivity index (χ2n) is 5.65. The van der Waals surface area contributed by atoms with Gasteiger partial charge in [0.2, 0.25) is 12.2 Å². The molecule has 0 aliphatic heterocycles. The van der Waals surface area contributed by atoms with Gasteiger partial charge in [-0.25, -0.2) is 19.2 Å². The lowest BCUT2D eigenvalue weighted by atomic mass is 10.1. The number of rotatable bonds is 4. The standard InChI is InChI=1S/C11H9NO5.C11H7NO/c1-16-10(14)7-3-4-8(11(15)17-2)9(5-7)12-6-13;13-8-12-11-6-5-9-3-1-2-4-10(9)7-11/h3-5H,1-2H3;1-7H. The minimum atomic E-state index is -0.657. The first-order chi connectivity index (χ1) is 14.5. The molecule has 0 unspecified atom stereocenters. The third-order valence-corrected chi connectivity index (χ3v) is 3.90. The Balaban J connectivity index is 0.000000220. The molecule has 0 N–H and O–H groups in total. The number of esters is 2. The van der Waals surface area contributed by atoms with E-state index in [9.17, 15) is 19.2 Å². The Morgan fingerprint density at radius 2 is 1.43 bits per heavy atom. The number of carbonyl (C=O) groups is 2. The van der Waals surface area contributed by atoms with E-state index in [4.69, 9.17) is 0 Å². The summed E-state index contributed by atoms with van der Waals surface area (Å²) in [5.74, 6) is -1.25. The maximum absolute atomic E-state index is 11.3. The summed E-state index contributed by atoms with van der Waals surface area (Å²) >= 11 is 0. The highest BCUT2D eigenvalue weighted by Crippen LogP contribution is 2.22. The summed E-state index contributed by atoms with van der Waals surface area (Å²) in [4.78, 5) is 49.7. The summed E-state index contributed by atoms with van der Waals surface area (Å²) in [6, 6.07) is 17.5. The Hall–Kier alpha value is -4.38. The van der Waals surface area contributed by atoms with Crippen LogP contribution in [0.1, 0.15) is 20.7 Å². The molecule has 0 saturated heterocycles. The van der Waals surface area contributed by atoms with Crippen molar-refractivity contribution < 1.29 is 28.7 Å². The largest absolute Gasteiger partial charge is 0.465 e. The molecule has 3 aromatic rings. The van der Waals surface area contributed by atoms with Gasteiger partial charge in [-0.3, -0.25) is 0 Å². The monoisotopic (exact) mass is 404 g/mol. The number of ether oxygens (including phenoxy) is 2. The zero-order valence-electron chi connectivity index (χ0n) is 16.1. The van der Waals surface area contributed by atoms with Gasteiger partial charge < -0.3 is 9.47 Å². The second-order valence-corrected chi connectivity index (χ2v) is 5.65. The molecule has 0 atom stereocenters. The van der Waals surface area contributed by atoms with Crippen LogP contribution in [0.2, 0.25) is 0 Å². The molecule has 0 saturated carbocycles. The van der Waals surface area contributed by atoms with Crippen molar-refractivity contribution in [1.29, 1.82) is 0 Å². The fourth-order valence-electron chi connectivity index (χ4n) is 2.50. The summed E-state index contributed by atoms with van der Waals surface area (Å²) in [6.07, 6.45) is 2.83. The maximum Gasteiger partial charge on any atom is 0.340 e. The molecule has 0 fully saturated rings. The molecule has 0 radical (unpaired) electrons. The Bertz CT molecular complexity index is 1180. The predicted octanol–water partition coefficient (Wildman–Crippen LogP) is 4.03. The normalized spacial score (nSPS) is 9.27. The van der Waals surface area contributed by atoms with Crippen LogP contribution in [0.5, 0.6) is 0 Å². The summed E-state index contributed by atoms with van der Waals surface area (Å²) in [7, 11) is 2.42. The number of hydrogen-bond donors (Lipinski definition) is 0. The number of methoxy groups -OCH3 is 2. The van der Waals surface area contributed by atoms with Gasteiger partial charge in [-0.15, -0.1) is 0 Å². The first-order valence-electron chi connectivity index (χ1n) is 8.49. The highest BCUT2D eigenvalue weighted by Gasteiger charge is 2.15. The molecule has 0 spiro atoms. The zero-order valence-corrected chi connectivity index (χ0v) is 16.1. The highest BCUT2D eigenvalue weighted by atomic mass is 16.5. The van der Waals surface area contributed by atoms with E-state index in [1.165, 1.54) is 44.6 Å². The molecule has 150 valence electrons. The fourth-order valence-corrected chi connectivity index (χ4v) is 2.50. The average Bonchev–Trinajstić information content (AvgIpc) is 2.79. The average molecular weight is 404 g/mol. The number of carbonyl (C=O) groups excluding carboxylic acids is 4. The molecule has 0 aliphatic rings.